The van der Waals surface area contributed by atoms with Gasteiger partial charge in [0.2, 0.25) is 5.91 Å². The van der Waals surface area contributed by atoms with Crippen LogP contribution in [0.25, 0.3) is 0 Å². The number of aliphatic imine (C=N–C) groups is 1. The molecule has 2 N–H and O–H groups in total. The van der Waals surface area contributed by atoms with E-state index in [0.717, 1.165) is 38.6 Å². The van der Waals surface area contributed by atoms with E-state index in [2.05, 4.69) is 46.7 Å². The summed E-state index contributed by atoms with van der Waals surface area (Å²) in [6, 6.07) is 9.13. The second kappa shape index (κ2) is 13.9. The lowest BCUT2D eigenvalue weighted by Crippen LogP contribution is -2.45. The molecular formula is C24H40IN5O. The number of likely N-dealkylation sites (tertiary alicyclic amines) is 2. The van der Waals surface area contributed by atoms with Gasteiger partial charge in [-0.05, 0) is 50.4 Å². The van der Waals surface area contributed by atoms with E-state index in [4.69, 9.17) is 4.99 Å². The highest BCUT2D eigenvalue weighted by Crippen LogP contribution is 2.15. The maximum absolute atomic E-state index is 11.9. The summed E-state index contributed by atoms with van der Waals surface area (Å²) >= 11 is 0. The zero-order valence-corrected chi connectivity index (χ0v) is 21.6. The fourth-order valence-corrected chi connectivity index (χ4v) is 4.39. The van der Waals surface area contributed by atoms with Crippen LogP contribution in [0.4, 0.5) is 0 Å². The predicted octanol–water partition coefficient (Wildman–Crippen LogP) is 3.75. The normalized spacial score (nSPS) is 20.1. The van der Waals surface area contributed by atoms with Crippen molar-refractivity contribution in [2.75, 3.05) is 32.7 Å². The molecule has 6 nitrogen and oxygen atoms in total. The van der Waals surface area contributed by atoms with Crippen LogP contribution in [0.2, 0.25) is 0 Å². The zero-order chi connectivity index (χ0) is 21.2. The molecule has 2 heterocycles. The minimum atomic E-state index is 0. The van der Waals surface area contributed by atoms with Gasteiger partial charge in [-0.2, -0.15) is 0 Å². The largest absolute Gasteiger partial charge is 0.357 e. The van der Waals surface area contributed by atoms with Gasteiger partial charge in [0, 0.05) is 38.6 Å². The lowest BCUT2D eigenvalue weighted by Gasteiger charge is -2.20. The highest BCUT2D eigenvalue weighted by molar-refractivity contribution is 14.0. The molecule has 1 unspecified atom stereocenters. The van der Waals surface area contributed by atoms with Gasteiger partial charge in [-0.1, -0.05) is 44.0 Å². The minimum absolute atomic E-state index is 0. The molecule has 174 valence electrons. The molecule has 0 aliphatic carbocycles. The van der Waals surface area contributed by atoms with Gasteiger partial charge in [0.05, 0.1) is 6.54 Å². The van der Waals surface area contributed by atoms with Gasteiger partial charge in [0.1, 0.15) is 0 Å². The second-order valence-electron chi connectivity index (χ2n) is 8.53. The Morgan fingerprint density at radius 2 is 1.84 bits per heavy atom. The van der Waals surface area contributed by atoms with Gasteiger partial charge in [0.25, 0.3) is 0 Å². The van der Waals surface area contributed by atoms with Crippen LogP contribution in [0.5, 0.6) is 0 Å². The number of carbonyl (C=O) groups excluding carboxylic acids is 1. The first kappa shape index (κ1) is 25.9. The third-order valence-electron chi connectivity index (χ3n) is 6.04. The molecule has 2 aliphatic rings. The summed E-state index contributed by atoms with van der Waals surface area (Å²) in [5.74, 6) is 1.08. The van der Waals surface area contributed by atoms with Crippen molar-refractivity contribution in [2.24, 2.45) is 4.99 Å². The Bertz CT molecular complexity index is 703. The molecule has 31 heavy (non-hydrogen) atoms. The molecule has 0 spiro atoms. The topological polar surface area (TPSA) is 60.0 Å². The van der Waals surface area contributed by atoms with Gasteiger partial charge in [-0.3, -0.25) is 9.69 Å². The summed E-state index contributed by atoms with van der Waals surface area (Å²) in [6.07, 6.45) is 6.94. The van der Waals surface area contributed by atoms with Crippen molar-refractivity contribution >= 4 is 35.8 Å². The molecule has 0 aromatic heterocycles. The van der Waals surface area contributed by atoms with E-state index < -0.39 is 0 Å². The smallest absolute Gasteiger partial charge is 0.222 e. The maximum atomic E-state index is 11.9. The number of amides is 1. The average Bonchev–Trinajstić information content (AvgIpc) is 3.07. The zero-order valence-electron chi connectivity index (χ0n) is 19.2. The van der Waals surface area contributed by atoms with Crippen LogP contribution >= 0.6 is 24.0 Å². The van der Waals surface area contributed by atoms with Crippen LogP contribution in [0.3, 0.4) is 0 Å². The van der Waals surface area contributed by atoms with Crippen molar-refractivity contribution in [1.29, 1.82) is 0 Å². The molecule has 0 radical (unpaired) electrons. The lowest BCUT2D eigenvalue weighted by molar-refractivity contribution is -0.129. The first-order chi connectivity index (χ1) is 14.7. The molecule has 0 bridgehead atoms. The number of hydrogen-bond donors (Lipinski definition) is 2. The van der Waals surface area contributed by atoms with E-state index in [1.165, 1.54) is 49.9 Å². The van der Waals surface area contributed by atoms with Gasteiger partial charge < -0.3 is 15.5 Å². The van der Waals surface area contributed by atoms with E-state index in [-0.39, 0.29) is 35.9 Å². The molecule has 2 fully saturated rings. The number of guanidine groups is 1. The van der Waals surface area contributed by atoms with Crippen LogP contribution in [-0.2, 0) is 17.9 Å². The summed E-state index contributed by atoms with van der Waals surface area (Å²) in [5.41, 5.74) is 2.63. The second-order valence-corrected chi connectivity index (χ2v) is 8.53. The van der Waals surface area contributed by atoms with Crippen molar-refractivity contribution in [3.05, 3.63) is 35.4 Å². The van der Waals surface area contributed by atoms with Crippen molar-refractivity contribution in [1.82, 2.24) is 20.4 Å². The molecular weight excluding hydrogens is 501 g/mol. The Balaban J connectivity index is 0.00000341. The molecule has 3 rings (SSSR count). The standard InChI is InChI=1S/C24H39N5O.HI/c1-3-23(30)29-15-12-22(19-29)27-24(25-4-2)26-17-20-10-9-11-21(16-20)18-28-13-7-5-6-8-14-28;/h9-11,16,22H,3-8,12-15,17-19H2,1-2H3,(H2,25,26,27);1H. The molecule has 2 aliphatic heterocycles. The number of hydrogen-bond acceptors (Lipinski definition) is 3. The minimum Gasteiger partial charge on any atom is -0.357 e. The first-order valence-corrected chi connectivity index (χ1v) is 11.8. The third kappa shape index (κ3) is 8.60. The van der Waals surface area contributed by atoms with Gasteiger partial charge in [0.15, 0.2) is 5.96 Å². The number of carbonyl (C=O) groups is 1. The molecule has 2 saturated heterocycles. The third-order valence-corrected chi connectivity index (χ3v) is 6.04. The van der Waals surface area contributed by atoms with E-state index in [1.54, 1.807) is 0 Å². The summed E-state index contributed by atoms with van der Waals surface area (Å²) in [6.45, 7) is 10.6. The molecule has 0 saturated carbocycles. The van der Waals surface area contributed by atoms with Crippen LogP contribution in [-0.4, -0.2) is 60.4 Å². The van der Waals surface area contributed by atoms with Crippen molar-refractivity contribution in [3.63, 3.8) is 0 Å². The van der Waals surface area contributed by atoms with Gasteiger partial charge in [-0.15, -0.1) is 24.0 Å². The number of nitrogens with zero attached hydrogens (tertiary/aromatic N) is 3. The fourth-order valence-electron chi connectivity index (χ4n) is 4.39. The Labute approximate surface area is 205 Å². The summed E-state index contributed by atoms with van der Waals surface area (Å²) < 4.78 is 0. The van der Waals surface area contributed by atoms with Crippen LogP contribution in [0.1, 0.15) is 63.5 Å². The van der Waals surface area contributed by atoms with E-state index in [9.17, 15) is 4.79 Å². The maximum Gasteiger partial charge on any atom is 0.222 e. The van der Waals surface area contributed by atoms with Gasteiger partial charge >= 0.3 is 0 Å². The fraction of sp³-hybridized carbons (Fsp3) is 0.667. The van der Waals surface area contributed by atoms with Crippen LogP contribution < -0.4 is 10.6 Å². The number of nitrogens with one attached hydrogen (secondary N) is 2. The Hall–Kier alpha value is -1.35. The summed E-state index contributed by atoms with van der Waals surface area (Å²) in [4.78, 5) is 21.3. The van der Waals surface area contributed by atoms with Crippen molar-refractivity contribution in [2.45, 2.75) is 71.5 Å². The molecule has 7 heteroatoms. The van der Waals surface area contributed by atoms with Crippen LogP contribution in [0, 0.1) is 0 Å². The Morgan fingerprint density at radius 3 is 2.55 bits per heavy atom. The quantitative estimate of drug-likeness (QED) is 0.314. The highest BCUT2D eigenvalue weighted by atomic mass is 127. The molecule has 1 atom stereocenters. The predicted molar refractivity (Wildman–Crippen MR) is 139 cm³/mol. The SMILES string of the molecule is CCNC(=NCc1cccc(CN2CCCCCC2)c1)NC1CCN(C(=O)CC)C1.I. The van der Waals surface area contributed by atoms with Gasteiger partial charge in [-0.25, -0.2) is 4.99 Å². The average molecular weight is 542 g/mol. The number of halogens is 1. The summed E-state index contributed by atoms with van der Waals surface area (Å²) in [5, 5.41) is 6.87. The van der Waals surface area contributed by atoms with E-state index in [0.29, 0.717) is 13.0 Å². The van der Waals surface area contributed by atoms with Crippen LogP contribution in [0.15, 0.2) is 29.3 Å². The monoisotopic (exact) mass is 541 g/mol. The van der Waals surface area contributed by atoms with Crippen molar-refractivity contribution in [3.8, 4) is 0 Å². The summed E-state index contributed by atoms with van der Waals surface area (Å²) in [7, 11) is 0. The van der Waals surface area contributed by atoms with E-state index >= 15 is 0 Å². The lowest BCUT2D eigenvalue weighted by atomic mass is 10.1. The Kier molecular flexibility index (Phi) is 11.6. The van der Waals surface area contributed by atoms with E-state index in [1.807, 2.05) is 11.8 Å². The first-order valence-electron chi connectivity index (χ1n) is 11.8. The molecule has 1 amide bonds. The molecule has 1 aromatic rings. The molecule has 1 aromatic carbocycles. The number of rotatable bonds is 7. The Morgan fingerprint density at radius 1 is 1.10 bits per heavy atom. The number of benzene rings is 1. The highest BCUT2D eigenvalue weighted by Gasteiger charge is 2.25. The van der Waals surface area contributed by atoms with Crippen molar-refractivity contribution < 1.29 is 4.79 Å².